The molecule has 1 saturated heterocycles. The number of benzene rings is 2. The normalized spacial score (nSPS) is 13.1. The number of nitrogens with zero attached hydrogens (tertiary/aromatic N) is 1. The standard InChI is InChI=1S/C23H27N3O3/c1-17(2)16-29-21-11-9-20(10-12-21)25-22(27)15-24-19-7-5-18(6-8-19)23(28)26-13-3-4-14-26/h5-12,24H,1,3-4,13-16H2,2H3,(H,25,27). The fourth-order valence-electron chi connectivity index (χ4n) is 3.06. The van der Waals surface area contributed by atoms with Gasteiger partial charge < -0.3 is 20.3 Å². The summed E-state index contributed by atoms with van der Waals surface area (Å²) in [5.74, 6) is 0.646. The van der Waals surface area contributed by atoms with Crippen LogP contribution in [0.25, 0.3) is 0 Å². The Morgan fingerprint density at radius 1 is 1.00 bits per heavy atom. The van der Waals surface area contributed by atoms with Crippen LogP contribution in [0.4, 0.5) is 11.4 Å². The third kappa shape index (κ3) is 6.10. The van der Waals surface area contributed by atoms with Gasteiger partial charge in [-0.25, -0.2) is 0 Å². The molecule has 0 spiro atoms. The molecule has 1 fully saturated rings. The number of hydrogen-bond acceptors (Lipinski definition) is 4. The highest BCUT2D eigenvalue weighted by atomic mass is 16.5. The second-order valence-electron chi connectivity index (χ2n) is 7.25. The molecular formula is C23H27N3O3. The molecule has 2 aromatic rings. The molecule has 1 aliphatic heterocycles. The first-order valence-electron chi connectivity index (χ1n) is 9.81. The zero-order chi connectivity index (χ0) is 20.6. The summed E-state index contributed by atoms with van der Waals surface area (Å²) in [7, 11) is 0. The molecule has 1 heterocycles. The number of likely N-dealkylation sites (tertiary alicyclic amines) is 1. The van der Waals surface area contributed by atoms with Crippen molar-refractivity contribution in [1.29, 1.82) is 0 Å². The van der Waals surface area contributed by atoms with Gasteiger partial charge in [0.1, 0.15) is 12.4 Å². The third-order valence-electron chi connectivity index (χ3n) is 4.60. The minimum absolute atomic E-state index is 0.0717. The fraction of sp³-hybridized carbons (Fsp3) is 0.304. The van der Waals surface area contributed by atoms with E-state index in [2.05, 4.69) is 17.2 Å². The smallest absolute Gasteiger partial charge is 0.253 e. The van der Waals surface area contributed by atoms with Crippen molar-refractivity contribution in [2.45, 2.75) is 19.8 Å². The summed E-state index contributed by atoms with van der Waals surface area (Å²) >= 11 is 0. The lowest BCUT2D eigenvalue weighted by molar-refractivity contribution is -0.114. The van der Waals surface area contributed by atoms with Crippen molar-refractivity contribution in [3.63, 3.8) is 0 Å². The van der Waals surface area contributed by atoms with Gasteiger partial charge in [0.2, 0.25) is 5.91 Å². The van der Waals surface area contributed by atoms with Crippen LogP contribution in [0, 0.1) is 0 Å². The minimum Gasteiger partial charge on any atom is -0.489 e. The summed E-state index contributed by atoms with van der Waals surface area (Å²) in [5.41, 5.74) is 3.12. The highest BCUT2D eigenvalue weighted by molar-refractivity contribution is 5.95. The predicted molar refractivity (Wildman–Crippen MR) is 115 cm³/mol. The Labute approximate surface area is 171 Å². The Kier molecular flexibility index (Phi) is 6.89. The first-order valence-corrected chi connectivity index (χ1v) is 9.81. The molecule has 2 aromatic carbocycles. The number of amides is 2. The van der Waals surface area contributed by atoms with Crippen LogP contribution >= 0.6 is 0 Å². The molecule has 152 valence electrons. The van der Waals surface area contributed by atoms with E-state index >= 15 is 0 Å². The fourth-order valence-corrected chi connectivity index (χ4v) is 3.06. The molecule has 0 unspecified atom stereocenters. The second kappa shape index (κ2) is 9.78. The van der Waals surface area contributed by atoms with E-state index in [1.165, 1.54) is 0 Å². The second-order valence-corrected chi connectivity index (χ2v) is 7.25. The topological polar surface area (TPSA) is 70.7 Å². The number of rotatable bonds is 8. The summed E-state index contributed by atoms with van der Waals surface area (Å²) < 4.78 is 5.54. The van der Waals surface area contributed by atoms with E-state index in [0.717, 1.165) is 42.9 Å². The lowest BCUT2D eigenvalue weighted by atomic mass is 10.2. The molecule has 2 N–H and O–H groups in total. The Morgan fingerprint density at radius 3 is 2.24 bits per heavy atom. The van der Waals surface area contributed by atoms with Crippen LogP contribution in [0.15, 0.2) is 60.7 Å². The summed E-state index contributed by atoms with van der Waals surface area (Å²) in [4.78, 5) is 26.4. The number of hydrogen-bond donors (Lipinski definition) is 2. The predicted octanol–water partition coefficient (Wildman–Crippen LogP) is 3.93. The van der Waals surface area contributed by atoms with Crippen LogP contribution in [-0.2, 0) is 4.79 Å². The van der Waals surface area contributed by atoms with Crippen LogP contribution in [0.1, 0.15) is 30.1 Å². The van der Waals surface area contributed by atoms with Gasteiger partial charge in [-0.1, -0.05) is 6.58 Å². The lowest BCUT2D eigenvalue weighted by Gasteiger charge is -2.15. The molecule has 0 aliphatic carbocycles. The van der Waals surface area contributed by atoms with Crippen LogP contribution in [0.2, 0.25) is 0 Å². The molecule has 29 heavy (non-hydrogen) atoms. The number of anilines is 2. The molecular weight excluding hydrogens is 366 g/mol. The van der Waals surface area contributed by atoms with Crippen molar-refractivity contribution in [2.75, 3.05) is 36.9 Å². The van der Waals surface area contributed by atoms with Crippen molar-refractivity contribution in [1.82, 2.24) is 4.90 Å². The summed E-state index contributed by atoms with van der Waals surface area (Å²) in [5, 5.41) is 5.91. The number of carbonyl (C=O) groups is 2. The average Bonchev–Trinajstić information content (AvgIpc) is 3.26. The van der Waals surface area contributed by atoms with E-state index in [1.807, 2.05) is 36.1 Å². The van der Waals surface area contributed by atoms with Crippen LogP contribution in [-0.4, -0.2) is 43.0 Å². The summed E-state index contributed by atoms with van der Waals surface area (Å²) in [6.07, 6.45) is 2.15. The first-order chi connectivity index (χ1) is 14.0. The Morgan fingerprint density at radius 2 is 1.62 bits per heavy atom. The van der Waals surface area contributed by atoms with Gasteiger partial charge in [-0.2, -0.15) is 0 Å². The number of ether oxygens (including phenoxy) is 1. The van der Waals surface area contributed by atoms with Gasteiger partial charge in [0.05, 0.1) is 6.54 Å². The highest BCUT2D eigenvalue weighted by Gasteiger charge is 2.19. The van der Waals surface area contributed by atoms with Crippen LogP contribution in [0.3, 0.4) is 0 Å². The van der Waals surface area contributed by atoms with E-state index in [9.17, 15) is 9.59 Å². The maximum absolute atomic E-state index is 12.4. The van der Waals surface area contributed by atoms with Crippen molar-refractivity contribution in [3.8, 4) is 5.75 Å². The quantitative estimate of drug-likeness (QED) is 0.667. The average molecular weight is 393 g/mol. The SMILES string of the molecule is C=C(C)COc1ccc(NC(=O)CNc2ccc(C(=O)N3CCCC3)cc2)cc1. The van der Waals surface area contributed by atoms with Crippen molar-refractivity contribution >= 4 is 23.2 Å². The highest BCUT2D eigenvalue weighted by Crippen LogP contribution is 2.17. The first kappa shape index (κ1) is 20.5. The van der Waals surface area contributed by atoms with Gasteiger partial charge in [0.15, 0.2) is 0 Å². The van der Waals surface area contributed by atoms with Crippen molar-refractivity contribution in [3.05, 3.63) is 66.2 Å². The molecule has 0 saturated carbocycles. The Balaban J connectivity index is 1.45. The van der Waals surface area contributed by atoms with E-state index in [4.69, 9.17) is 4.74 Å². The lowest BCUT2D eigenvalue weighted by Crippen LogP contribution is -2.27. The molecule has 1 aliphatic rings. The van der Waals surface area contributed by atoms with E-state index < -0.39 is 0 Å². The molecule has 6 nitrogen and oxygen atoms in total. The Hall–Kier alpha value is -3.28. The van der Waals surface area contributed by atoms with Gasteiger partial charge in [-0.05, 0) is 73.9 Å². The maximum Gasteiger partial charge on any atom is 0.253 e. The molecule has 2 amide bonds. The van der Waals surface area contributed by atoms with Crippen molar-refractivity contribution in [2.24, 2.45) is 0 Å². The van der Waals surface area contributed by atoms with Gasteiger partial charge in [0, 0.05) is 30.0 Å². The molecule has 0 atom stereocenters. The van der Waals surface area contributed by atoms with Crippen molar-refractivity contribution < 1.29 is 14.3 Å². The van der Waals surface area contributed by atoms with Crippen LogP contribution < -0.4 is 15.4 Å². The molecule has 0 bridgehead atoms. The van der Waals surface area contributed by atoms with Crippen LogP contribution in [0.5, 0.6) is 5.75 Å². The van der Waals surface area contributed by atoms with E-state index in [-0.39, 0.29) is 18.4 Å². The maximum atomic E-state index is 12.4. The van der Waals surface area contributed by atoms with Gasteiger partial charge >= 0.3 is 0 Å². The Bertz CT molecular complexity index is 854. The zero-order valence-corrected chi connectivity index (χ0v) is 16.7. The molecule has 0 radical (unpaired) electrons. The monoisotopic (exact) mass is 393 g/mol. The zero-order valence-electron chi connectivity index (χ0n) is 16.7. The van der Waals surface area contributed by atoms with Gasteiger partial charge in [-0.3, -0.25) is 9.59 Å². The van der Waals surface area contributed by atoms with Gasteiger partial charge in [-0.15, -0.1) is 0 Å². The molecule has 0 aromatic heterocycles. The minimum atomic E-state index is -0.155. The molecule has 6 heteroatoms. The summed E-state index contributed by atoms with van der Waals surface area (Å²) in [6.45, 7) is 7.97. The number of carbonyl (C=O) groups excluding carboxylic acids is 2. The number of nitrogens with one attached hydrogen (secondary N) is 2. The third-order valence-corrected chi connectivity index (χ3v) is 4.60. The van der Waals surface area contributed by atoms with E-state index in [0.29, 0.717) is 17.9 Å². The van der Waals surface area contributed by atoms with E-state index in [1.54, 1.807) is 24.3 Å². The molecule has 3 rings (SSSR count). The van der Waals surface area contributed by atoms with Gasteiger partial charge in [0.25, 0.3) is 5.91 Å². The largest absolute Gasteiger partial charge is 0.489 e. The summed E-state index contributed by atoms with van der Waals surface area (Å²) in [6, 6.07) is 14.4.